The van der Waals surface area contributed by atoms with E-state index in [1.54, 1.807) is 0 Å². The summed E-state index contributed by atoms with van der Waals surface area (Å²) in [6.45, 7) is 2.83. The number of anilines is 2. The molecule has 0 spiro atoms. The second kappa shape index (κ2) is 6.44. The monoisotopic (exact) mass is 381 g/mol. The number of carbonyl (C=O) groups is 2. The van der Waals surface area contributed by atoms with Gasteiger partial charge in [0.2, 0.25) is 11.8 Å². The molecule has 1 aromatic carbocycles. The van der Waals surface area contributed by atoms with Crippen LogP contribution in [0, 0.1) is 18.8 Å². The SMILES string of the molecule is Cc1sc(NC(=O)C2CCC2)nc1-c1ccc2c(c1)CCN2C(=O)C1CC1. The van der Waals surface area contributed by atoms with Crippen LogP contribution in [0.25, 0.3) is 11.3 Å². The Hall–Kier alpha value is -2.21. The largest absolute Gasteiger partial charge is 0.312 e. The van der Waals surface area contributed by atoms with Crippen molar-refractivity contribution in [2.75, 3.05) is 16.8 Å². The number of amides is 2. The van der Waals surface area contributed by atoms with E-state index in [1.807, 2.05) is 11.8 Å². The number of thiazole rings is 1. The zero-order valence-corrected chi connectivity index (χ0v) is 16.3. The Morgan fingerprint density at radius 3 is 2.70 bits per heavy atom. The average Bonchev–Trinajstić information content (AvgIpc) is 3.26. The van der Waals surface area contributed by atoms with Gasteiger partial charge in [-0.3, -0.25) is 9.59 Å². The highest BCUT2D eigenvalue weighted by atomic mass is 32.1. The molecule has 2 fully saturated rings. The summed E-state index contributed by atoms with van der Waals surface area (Å²) in [5, 5.41) is 3.67. The summed E-state index contributed by atoms with van der Waals surface area (Å²) in [6, 6.07) is 6.27. The highest BCUT2D eigenvalue weighted by molar-refractivity contribution is 7.16. The zero-order valence-electron chi connectivity index (χ0n) is 15.5. The smallest absolute Gasteiger partial charge is 0.230 e. The Kier molecular flexibility index (Phi) is 4.04. The molecule has 0 unspecified atom stereocenters. The molecule has 1 aliphatic heterocycles. The van der Waals surface area contributed by atoms with E-state index in [9.17, 15) is 9.59 Å². The molecular weight excluding hydrogens is 358 g/mol. The van der Waals surface area contributed by atoms with Crippen molar-refractivity contribution in [2.24, 2.45) is 11.8 Å². The summed E-state index contributed by atoms with van der Waals surface area (Å²) >= 11 is 1.53. The number of nitrogens with zero attached hydrogens (tertiary/aromatic N) is 2. The molecule has 2 amide bonds. The molecule has 2 aromatic rings. The fourth-order valence-electron chi connectivity index (χ4n) is 3.92. The van der Waals surface area contributed by atoms with E-state index >= 15 is 0 Å². The zero-order chi connectivity index (χ0) is 18.5. The Bertz CT molecular complexity index is 928. The second-order valence-electron chi connectivity index (χ2n) is 7.90. The maximum Gasteiger partial charge on any atom is 0.230 e. The van der Waals surface area contributed by atoms with Crippen LogP contribution in [0.4, 0.5) is 10.8 Å². The lowest BCUT2D eigenvalue weighted by molar-refractivity contribution is -0.122. The van der Waals surface area contributed by atoms with E-state index in [0.29, 0.717) is 5.13 Å². The highest BCUT2D eigenvalue weighted by Gasteiger charge is 2.36. The number of aryl methyl sites for hydroxylation is 1. The molecule has 5 rings (SSSR count). The van der Waals surface area contributed by atoms with Crippen molar-refractivity contribution >= 4 is 34.0 Å². The quantitative estimate of drug-likeness (QED) is 0.865. The van der Waals surface area contributed by atoms with E-state index in [4.69, 9.17) is 0 Å². The van der Waals surface area contributed by atoms with Crippen molar-refractivity contribution in [3.05, 3.63) is 28.6 Å². The predicted molar refractivity (Wildman–Crippen MR) is 107 cm³/mol. The lowest BCUT2D eigenvalue weighted by Gasteiger charge is -2.23. The van der Waals surface area contributed by atoms with E-state index in [0.717, 1.165) is 66.9 Å². The maximum atomic E-state index is 12.4. The molecule has 1 aromatic heterocycles. The van der Waals surface area contributed by atoms with Crippen molar-refractivity contribution in [1.82, 2.24) is 4.98 Å². The first kappa shape index (κ1) is 16.9. The fraction of sp³-hybridized carbons (Fsp3) is 0.476. The Morgan fingerprint density at radius 2 is 2.00 bits per heavy atom. The van der Waals surface area contributed by atoms with E-state index in [-0.39, 0.29) is 23.7 Å². The van der Waals surface area contributed by atoms with Gasteiger partial charge in [0.25, 0.3) is 0 Å². The van der Waals surface area contributed by atoms with Crippen LogP contribution in [0.2, 0.25) is 0 Å². The van der Waals surface area contributed by atoms with Crippen LogP contribution in [0.1, 0.15) is 42.5 Å². The number of benzene rings is 1. The van der Waals surface area contributed by atoms with Gasteiger partial charge in [0, 0.05) is 34.5 Å². The molecule has 27 heavy (non-hydrogen) atoms. The van der Waals surface area contributed by atoms with Crippen LogP contribution in [-0.4, -0.2) is 23.3 Å². The molecule has 5 nitrogen and oxygen atoms in total. The fourth-order valence-corrected chi connectivity index (χ4v) is 4.76. The van der Waals surface area contributed by atoms with Gasteiger partial charge in [-0.25, -0.2) is 4.98 Å². The van der Waals surface area contributed by atoms with Crippen molar-refractivity contribution < 1.29 is 9.59 Å². The van der Waals surface area contributed by atoms with Crippen molar-refractivity contribution in [2.45, 2.75) is 45.4 Å². The first-order chi connectivity index (χ1) is 13.1. The average molecular weight is 382 g/mol. The lowest BCUT2D eigenvalue weighted by Crippen LogP contribution is -2.30. The third kappa shape index (κ3) is 3.06. The lowest BCUT2D eigenvalue weighted by atomic mass is 9.85. The number of carbonyl (C=O) groups excluding carboxylic acids is 2. The summed E-state index contributed by atoms with van der Waals surface area (Å²) in [7, 11) is 0. The van der Waals surface area contributed by atoms with Gasteiger partial charge in [0.15, 0.2) is 5.13 Å². The minimum atomic E-state index is 0.102. The number of aromatic nitrogens is 1. The van der Waals surface area contributed by atoms with Gasteiger partial charge in [-0.15, -0.1) is 11.3 Å². The van der Waals surface area contributed by atoms with Crippen molar-refractivity contribution in [3.63, 3.8) is 0 Å². The van der Waals surface area contributed by atoms with Crippen molar-refractivity contribution in [3.8, 4) is 11.3 Å². The van der Waals surface area contributed by atoms with Crippen LogP contribution in [-0.2, 0) is 16.0 Å². The van der Waals surface area contributed by atoms with Gasteiger partial charge in [-0.05, 0) is 56.7 Å². The molecule has 2 aliphatic carbocycles. The molecule has 140 valence electrons. The van der Waals surface area contributed by atoms with Gasteiger partial charge < -0.3 is 10.2 Å². The van der Waals surface area contributed by atoms with Crippen LogP contribution in [0.5, 0.6) is 0 Å². The second-order valence-corrected chi connectivity index (χ2v) is 9.10. The number of rotatable bonds is 4. The predicted octanol–water partition coefficient (Wildman–Crippen LogP) is 4.16. The van der Waals surface area contributed by atoms with Crippen molar-refractivity contribution in [1.29, 1.82) is 0 Å². The molecule has 3 aliphatic rings. The number of fused-ring (bicyclic) bond motifs is 1. The number of nitrogens with one attached hydrogen (secondary N) is 1. The third-order valence-corrected chi connectivity index (χ3v) is 6.83. The van der Waals surface area contributed by atoms with Gasteiger partial charge in [-0.2, -0.15) is 0 Å². The van der Waals surface area contributed by atoms with Gasteiger partial charge in [0.1, 0.15) is 0 Å². The minimum Gasteiger partial charge on any atom is -0.312 e. The first-order valence-corrected chi connectivity index (χ1v) is 10.6. The van der Waals surface area contributed by atoms with E-state index in [2.05, 4.69) is 28.5 Å². The normalized spacial score (nSPS) is 18.9. The highest BCUT2D eigenvalue weighted by Crippen LogP contribution is 2.39. The summed E-state index contributed by atoms with van der Waals surface area (Å²) in [6.07, 6.45) is 6.10. The van der Waals surface area contributed by atoms with Gasteiger partial charge in [0.05, 0.1) is 5.69 Å². The number of hydrogen-bond donors (Lipinski definition) is 1. The molecule has 2 heterocycles. The molecule has 0 radical (unpaired) electrons. The van der Waals surface area contributed by atoms with Gasteiger partial charge in [-0.1, -0.05) is 12.5 Å². The summed E-state index contributed by atoms with van der Waals surface area (Å²) in [4.78, 5) is 32.4. The molecule has 1 N–H and O–H groups in total. The van der Waals surface area contributed by atoms with E-state index < -0.39 is 0 Å². The van der Waals surface area contributed by atoms with E-state index in [1.165, 1.54) is 16.9 Å². The Labute approximate surface area is 162 Å². The number of hydrogen-bond acceptors (Lipinski definition) is 4. The summed E-state index contributed by atoms with van der Waals surface area (Å²) in [5.74, 6) is 0.794. The summed E-state index contributed by atoms with van der Waals surface area (Å²) < 4.78 is 0. The van der Waals surface area contributed by atoms with Crippen LogP contribution >= 0.6 is 11.3 Å². The van der Waals surface area contributed by atoms with Gasteiger partial charge >= 0.3 is 0 Å². The molecular formula is C21H23N3O2S. The maximum absolute atomic E-state index is 12.4. The molecule has 0 atom stereocenters. The first-order valence-electron chi connectivity index (χ1n) is 9.83. The third-order valence-electron chi connectivity index (χ3n) is 5.94. The topological polar surface area (TPSA) is 62.3 Å². The van der Waals surface area contributed by atoms with Crippen LogP contribution in [0.3, 0.4) is 0 Å². The molecule has 6 heteroatoms. The molecule has 2 saturated carbocycles. The Morgan fingerprint density at radius 1 is 1.19 bits per heavy atom. The minimum absolute atomic E-state index is 0.102. The standard InChI is InChI=1S/C21H23N3O2S/c1-12-18(22-21(27-12)23-19(25)13-3-2-4-13)16-7-8-17-15(11-16)9-10-24(17)20(26)14-5-6-14/h7-8,11,13-14H,2-6,9-10H2,1H3,(H,22,23,25). The van der Waals surface area contributed by atoms with Crippen LogP contribution < -0.4 is 10.2 Å². The summed E-state index contributed by atoms with van der Waals surface area (Å²) in [5.41, 5.74) is 4.27. The van der Waals surface area contributed by atoms with Crippen LogP contribution in [0.15, 0.2) is 18.2 Å². The Balaban J connectivity index is 1.37. The molecule has 0 saturated heterocycles. The molecule has 0 bridgehead atoms.